The standard InChI is InChI=1S/C36H47BN2/c1-7-9-31-22-30(27(6)38)16-13-28(31)17-21-34-23(2)12-18-32(39-34)19-20-33(36(37)29-14-15-29)26(5)35-24(3)10-8-11-25(35)4/h8,10-11,13,16,22,29H,5-7,9,12,14-15,17-21,37-38H2,1-4H3/b36-33-. The zero-order valence-electron chi connectivity index (χ0n) is 25.1. The highest BCUT2D eigenvalue weighted by Gasteiger charge is 2.27. The summed E-state index contributed by atoms with van der Waals surface area (Å²) in [5, 5.41) is 0. The van der Waals surface area contributed by atoms with E-state index in [0.717, 1.165) is 62.8 Å². The maximum atomic E-state index is 5.98. The van der Waals surface area contributed by atoms with Crippen LogP contribution in [0.1, 0.15) is 98.6 Å². The quantitative estimate of drug-likeness (QED) is 0.222. The molecule has 2 aromatic carbocycles. The van der Waals surface area contributed by atoms with Crippen molar-refractivity contribution in [2.75, 3.05) is 0 Å². The van der Waals surface area contributed by atoms with Crippen molar-refractivity contribution in [2.45, 2.75) is 91.9 Å². The molecule has 0 aromatic heterocycles. The first-order valence-electron chi connectivity index (χ1n) is 15.0. The van der Waals surface area contributed by atoms with Gasteiger partial charge in [-0.2, -0.15) is 0 Å². The summed E-state index contributed by atoms with van der Waals surface area (Å²) in [7, 11) is 2.35. The van der Waals surface area contributed by atoms with E-state index in [9.17, 15) is 0 Å². The second-order valence-electron chi connectivity index (χ2n) is 11.8. The number of hydrogen-bond donors (Lipinski definition) is 1. The van der Waals surface area contributed by atoms with E-state index in [4.69, 9.17) is 10.7 Å². The van der Waals surface area contributed by atoms with Gasteiger partial charge in [-0.15, -0.1) is 5.47 Å². The molecule has 2 N–H and O–H groups in total. The molecule has 1 fully saturated rings. The first-order chi connectivity index (χ1) is 18.7. The van der Waals surface area contributed by atoms with Crippen molar-refractivity contribution < 1.29 is 0 Å². The number of nitrogens with two attached hydrogens (primary N) is 1. The normalized spacial score (nSPS) is 16.2. The molecular weight excluding hydrogens is 471 g/mol. The van der Waals surface area contributed by atoms with Gasteiger partial charge in [-0.3, -0.25) is 4.99 Å². The molecule has 1 saturated carbocycles. The van der Waals surface area contributed by atoms with Crippen molar-refractivity contribution >= 4 is 24.8 Å². The highest BCUT2D eigenvalue weighted by Crippen LogP contribution is 2.41. The predicted octanol–water partition coefficient (Wildman–Crippen LogP) is 8.42. The third kappa shape index (κ3) is 7.12. The van der Waals surface area contributed by atoms with E-state index in [1.54, 1.807) is 5.47 Å². The van der Waals surface area contributed by atoms with Crippen LogP contribution in [-0.2, 0) is 12.8 Å². The Kier molecular flexibility index (Phi) is 9.54. The summed E-state index contributed by atoms with van der Waals surface area (Å²) in [5.41, 5.74) is 22.8. The SMILES string of the molecule is B/C(=C(/CCC1=NC(CCc2ccc(C(=C)N)cc2CCC)=C(C)CC1)C(=C)c1c(C)cccc1C)C1CC1. The lowest BCUT2D eigenvalue weighted by atomic mass is 9.78. The minimum absolute atomic E-state index is 0.643. The van der Waals surface area contributed by atoms with Crippen molar-refractivity contribution in [1.29, 1.82) is 0 Å². The summed E-state index contributed by atoms with van der Waals surface area (Å²) >= 11 is 0. The Bertz CT molecular complexity index is 1330. The maximum absolute atomic E-state index is 5.98. The van der Waals surface area contributed by atoms with E-state index in [1.165, 1.54) is 68.8 Å². The van der Waals surface area contributed by atoms with Crippen LogP contribution in [0.25, 0.3) is 11.3 Å². The van der Waals surface area contributed by atoms with E-state index in [1.807, 2.05) is 0 Å². The Balaban J connectivity index is 1.49. The largest absolute Gasteiger partial charge is 0.399 e. The molecule has 3 heteroatoms. The zero-order valence-corrected chi connectivity index (χ0v) is 25.1. The number of allylic oxidation sites excluding steroid dienone is 5. The van der Waals surface area contributed by atoms with Gasteiger partial charge in [0.25, 0.3) is 0 Å². The molecule has 2 nitrogen and oxygen atoms in total. The van der Waals surface area contributed by atoms with E-state index >= 15 is 0 Å². The average molecular weight is 519 g/mol. The number of nitrogens with zero attached hydrogens (tertiary/aromatic N) is 1. The fourth-order valence-electron chi connectivity index (χ4n) is 6.15. The van der Waals surface area contributed by atoms with Gasteiger partial charge in [0, 0.05) is 17.1 Å². The molecule has 0 radical (unpaired) electrons. The van der Waals surface area contributed by atoms with Gasteiger partial charge in [0.05, 0.1) is 0 Å². The molecule has 39 heavy (non-hydrogen) atoms. The lowest BCUT2D eigenvalue weighted by Crippen LogP contribution is -2.09. The van der Waals surface area contributed by atoms with Gasteiger partial charge in [-0.05, 0) is 129 Å². The van der Waals surface area contributed by atoms with E-state index in [2.05, 4.69) is 85.1 Å². The zero-order chi connectivity index (χ0) is 28.1. The second kappa shape index (κ2) is 12.9. The highest BCUT2D eigenvalue weighted by molar-refractivity contribution is 6.24. The van der Waals surface area contributed by atoms with Crippen molar-refractivity contribution in [3.05, 3.63) is 105 Å². The number of aliphatic imine (C=N–C) groups is 1. The van der Waals surface area contributed by atoms with Crippen molar-refractivity contribution in [2.24, 2.45) is 16.6 Å². The smallest absolute Gasteiger partial charge is 0.134 e. The first-order valence-corrected chi connectivity index (χ1v) is 15.0. The van der Waals surface area contributed by atoms with Crippen molar-refractivity contribution in [3.63, 3.8) is 0 Å². The van der Waals surface area contributed by atoms with Crippen molar-refractivity contribution in [1.82, 2.24) is 0 Å². The Morgan fingerprint density at radius 3 is 2.31 bits per heavy atom. The highest BCUT2D eigenvalue weighted by atomic mass is 14.8. The molecule has 4 rings (SSSR count). The summed E-state index contributed by atoms with van der Waals surface area (Å²) < 4.78 is 0. The number of aryl methyl sites for hydroxylation is 4. The Morgan fingerprint density at radius 1 is 0.949 bits per heavy atom. The molecule has 0 atom stereocenters. The van der Waals surface area contributed by atoms with Crippen molar-refractivity contribution in [3.8, 4) is 0 Å². The Morgan fingerprint density at radius 2 is 1.67 bits per heavy atom. The van der Waals surface area contributed by atoms with E-state index in [-0.39, 0.29) is 0 Å². The van der Waals surface area contributed by atoms with Gasteiger partial charge in [-0.1, -0.05) is 68.0 Å². The summed E-state index contributed by atoms with van der Waals surface area (Å²) in [5.74, 6) is 0.743. The molecule has 204 valence electrons. The molecule has 1 aliphatic heterocycles. The number of hydrogen-bond acceptors (Lipinski definition) is 2. The first kappa shape index (κ1) is 28.9. The van der Waals surface area contributed by atoms with Crippen LogP contribution in [0.3, 0.4) is 0 Å². The van der Waals surface area contributed by atoms with Crippen LogP contribution in [0, 0.1) is 19.8 Å². The van der Waals surface area contributed by atoms with Crippen LogP contribution < -0.4 is 5.73 Å². The molecule has 0 spiro atoms. The average Bonchev–Trinajstić information content (AvgIpc) is 3.75. The summed E-state index contributed by atoms with van der Waals surface area (Å²) in [6.45, 7) is 17.5. The van der Waals surface area contributed by atoms with Crippen LogP contribution >= 0.6 is 0 Å². The third-order valence-corrected chi connectivity index (χ3v) is 8.78. The molecule has 1 aliphatic carbocycles. The van der Waals surface area contributed by atoms with Crippen LogP contribution in [-0.4, -0.2) is 13.6 Å². The summed E-state index contributed by atoms with van der Waals surface area (Å²) in [6, 6.07) is 13.2. The molecular formula is C36H47BN2. The molecule has 0 amide bonds. The molecule has 2 aliphatic rings. The second-order valence-corrected chi connectivity index (χ2v) is 11.8. The minimum atomic E-state index is 0.643. The molecule has 0 bridgehead atoms. The third-order valence-electron chi connectivity index (χ3n) is 8.78. The van der Waals surface area contributed by atoms with Crippen LogP contribution in [0.2, 0.25) is 0 Å². The minimum Gasteiger partial charge on any atom is -0.399 e. The Labute approximate surface area is 238 Å². The topological polar surface area (TPSA) is 38.4 Å². The predicted molar refractivity (Wildman–Crippen MR) is 174 cm³/mol. The number of rotatable bonds is 12. The van der Waals surface area contributed by atoms with Crippen LogP contribution in [0.5, 0.6) is 0 Å². The van der Waals surface area contributed by atoms with Crippen LogP contribution in [0.4, 0.5) is 0 Å². The fourth-order valence-corrected chi connectivity index (χ4v) is 6.15. The summed E-state index contributed by atoms with van der Waals surface area (Å²) in [6.07, 6.45) is 11.1. The van der Waals surface area contributed by atoms with Gasteiger partial charge in [-0.25, -0.2) is 0 Å². The number of benzene rings is 2. The van der Waals surface area contributed by atoms with Crippen LogP contribution in [0.15, 0.2) is 76.9 Å². The molecule has 0 saturated heterocycles. The lowest BCUT2D eigenvalue weighted by molar-refractivity contribution is 0.816. The fraction of sp³-hybridized carbons (Fsp3) is 0.417. The molecule has 0 unspecified atom stereocenters. The van der Waals surface area contributed by atoms with Gasteiger partial charge in [0.2, 0.25) is 0 Å². The summed E-state index contributed by atoms with van der Waals surface area (Å²) in [4.78, 5) is 5.27. The monoisotopic (exact) mass is 518 g/mol. The van der Waals surface area contributed by atoms with Gasteiger partial charge in [0.15, 0.2) is 0 Å². The maximum Gasteiger partial charge on any atom is 0.134 e. The Hall–Kier alpha value is -3.07. The lowest BCUT2D eigenvalue weighted by Gasteiger charge is -2.22. The molecule has 2 aromatic rings. The van der Waals surface area contributed by atoms with Gasteiger partial charge < -0.3 is 5.73 Å². The van der Waals surface area contributed by atoms with Gasteiger partial charge in [0.1, 0.15) is 7.85 Å². The van der Waals surface area contributed by atoms with E-state index in [0.29, 0.717) is 5.70 Å². The molecule has 1 heterocycles. The van der Waals surface area contributed by atoms with E-state index < -0.39 is 0 Å². The van der Waals surface area contributed by atoms with Gasteiger partial charge >= 0.3 is 0 Å².